The summed E-state index contributed by atoms with van der Waals surface area (Å²) >= 11 is 3.31. The first-order valence-corrected chi connectivity index (χ1v) is 8.96. The van der Waals surface area contributed by atoms with Crippen molar-refractivity contribution in [3.63, 3.8) is 0 Å². The summed E-state index contributed by atoms with van der Waals surface area (Å²) in [5.74, 6) is 0.419. The van der Waals surface area contributed by atoms with Gasteiger partial charge in [0.05, 0.1) is 4.90 Å². The van der Waals surface area contributed by atoms with Gasteiger partial charge in [-0.25, -0.2) is 8.42 Å². The summed E-state index contributed by atoms with van der Waals surface area (Å²) in [7, 11) is -3.58. The van der Waals surface area contributed by atoms with Crippen molar-refractivity contribution in [2.24, 2.45) is 0 Å². The van der Waals surface area contributed by atoms with E-state index in [-0.39, 0.29) is 4.90 Å². The summed E-state index contributed by atoms with van der Waals surface area (Å²) < 4.78 is 28.3. The van der Waals surface area contributed by atoms with E-state index in [1.807, 2.05) is 18.2 Å². The Balaban J connectivity index is 2.31. The highest BCUT2D eigenvalue weighted by Crippen LogP contribution is 2.24. The van der Waals surface area contributed by atoms with Crippen molar-refractivity contribution < 1.29 is 8.42 Å². The average Bonchev–Trinajstić information content (AvgIpc) is 2.41. The molecule has 0 aliphatic heterocycles. The van der Waals surface area contributed by atoms with Crippen LogP contribution in [-0.4, -0.2) is 8.42 Å². The van der Waals surface area contributed by atoms with Crippen LogP contribution >= 0.6 is 15.9 Å². The third-order valence-electron chi connectivity index (χ3n) is 3.27. The molecule has 0 unspecified atom stereocenters. The van der Waals surface area contributed by atoms with Crippen molar-refractivity contribution in [2.45, 2.75) is 31.6 Å². The molecule has 0 fully saturated rings. The van der Waals surface area contributed by atoms with Gasteiger partial charge >= 0.3 is 0 Å². The molecule has 0 aliphatic rings. The standard InChI is InChI=1S/C16H18BrNO2S/c1-11(2)13-5-8-15(9-6-13)18-21(19,20)16-10-14(17)7-4-12(16)3/h4-11,18H,1-3H3. The van der Waals surface area contributed by atoms with E-state index < -0.39 is 10.0 Å². The Hall–Kier alpha value is -1.33. The molecule has 21 heavy (non-hydrogen) atoms. The van der Waals surface area contributed by atoms with Gasteiger partial charge in [-0.3, -0.25) is 4.72 Å². The van der Waals surface area contributed by atoms with E-state index in [0.717, 1.165) is 4.47 Å². The zero-order chi connectivity index (χ0) is 15.6. The lowest BCUT2D eigenvalue weighted by molar-refractivity contribution is 0.600. The topological polar surface area (TPSA) is 46.2 Å². The van der Waals surface area contributed by atoms with Crippen LogP contribution in [0.5, 0.6) is 0 Å². The van der Waals surface area contributed by atoms with Crippen LogP contribution in [0.2, 0.25) is 0 Å². The van der Waals surface area contributed by atoms with Gasteiger partial charge in [0.15, 0.2) is 0 Å². The molecule has 5 heteroatoms. The summed E-state index contributed by atoms with van der Waals surface area (Å²) in [5.41, 5.74) is 2.46. The van der Waals surface area contributed by atoms with Gasteiger partial charge in [-0.2, -0.15) is 0 Å². The Morgan fingerprint density at radius 1 is 1.05 bits per heavy atom. The number of nitrogens with one attached hydrogen (secondary N) is 1. The van der Waals surface area contributed by atoms with Crippen LogP contribution in [0.25, 0.3) is 0 Å². The Bertz CT molecular complexity index is 737. The van der Waals surface area contributed by atoms with Gasteiger partial charge in [0.25, 0.3) is 10.0 Å². The minimum atomic E-state index is -3.58. The van der Waals surface area contributed by atoms with Crippen LogP contribution < -0.4 is 4.72 Å². The molecule has 2 rings (SSSR count). The van der Waals surface area contributed by atoms with Crippen LogP contribution in [0.15, 0.2) is 51.8 Å². The Labute approximate surface area is 134 Å². The number of aryl methyl sites for hydroxylation is 1. The Morgan fingerprint density at radius 3 is 2.24 bits per heavy atom. The largest absolute Gasteiger partial charge is 0.280 e. The fourth-order valence-corrected chi connectivity index (χ4v) is 3.85. The molecule has 0 saturated carbocycles. The normalized spacial score (nSPS) is 11.7. The van der Waals surface area contributed by atoms with Crippen LogP contribution in [0, 0.1) is 6.92 Å². The second-order valence-electron chi connectivity index (χ2n) is 5.29. The molecule has 2 aromatic rings. The van der Waals surface area contributed by atoms with Gasteiger partial charge in [-0.05, 0) is 48.2 Å². The van der Waals surface area contributed by atoms with Crippen molar-refractivity contribution in [3.8, 4) is 0 Å². The molecule has 112 valence electrons. The zero-order valence-corrected chi connectivity index (χ0v) is 14.6. The maximum atomic E-state index is 12.5. The van der Waals surface area contributed by atoms with Crippen molar-refractivity contribution in [1.82, 2.24) is 0 Å². The van der Waals surface area contributed by atoms with Crippen LogP contribution in [-0.2, 0) is 10.0 Å². The number of benzene rings is 2. The van der Waals surface area contributed by atoms with E-state index in [4.69, 9.17) is 0 Å². The molecule has 0 saturated heterocycles. The molecule has 0 bridgehead atoms. The molecule has 2 aromatic carbocycles. The molecule has 0 spiro atoms. The van der Waals surface area contributed by atoms with Crippen molar-refractivity contribution in [3.05, 3.63) is 58.1 Å². The first kappa shape index (κ1) is 16.0. The maximum Gasteiger partial charge on any atom is 0.262 e. The highest BCUT2D eigenvalue weighted by atomic mass is 79.9. The summed E-state index contributed by atoms with van der Waals surface area (Å²) in [5, 5.41) is 0. The van der Waals surface area contributed by atoms with E-state index in [1.165, 1.54) is 5.56 Å². The molecule has 0 aliphatic carbocycles. The van der Waals surface area contributed by atoms with E-state index in [9.17, 15) is 8.42 Å². The third kappa shape index (κ3) is 3.86. The second kappa shape index (κ2) is 6.20. The van der Waals surface area contributed by atoms with E-state index in [1.54, 1.807) is 31.2 Å². The third-order valence-corrected chi connectivity index (χ3v) is 5.29. The highest BCUT2D eigenvalue weighted by Gasteiger charge is 2.17. The Kier molecular flexibility index (Phi) is 4.74. The number of hydrogen-bond acceptors (Lipinski definition) is 2. The predicted octanol–water partition coefficient (Wildman–Crippen LogP) is 4.68. The summed E-state index contributed by atoms with van der Waals surface area (Å²) in [6, 6.07) is 12.7. The van der Waals surface area contributed by atoms with Crippen LogP contribution in [0.4, 0.5) is 5.69 Å². The van der Waals surface area contributed by atoms with E-state index >= 15 is 0 Å². The monoisotopic (exact) mass is 367 g/mol. The summed E-state index contributed by atoms with van der Waals surface area (Å²) in [6.45, 7) is 5.98. The molecule has 0 radical (unpaired) electrons. The first-order valence-electron chi connectivity index (χ1n) is 6.68. The van der Waals surface area contributed by atoms with Crippen molar-refractivity contribution in [2.75, 3.05) is 4.72 Å². The number of halogens is 1. The molecule has 0 atom stereocenters. The van der Waals surface area contributed by atoms with Gasteiger partial charge in [0, 0.05) is 10.2 Å². The molecule has 0 amide bonds. The molecular formula is C16H18BrNO2S. The first-order chi connectivity index (χ1) is 9.79. The van der Waals surface area contributed by atoms with E-state index in [0.29, 0.717) is 17.2 Å². The van der Waals surface area contributed by atoms with Gasteiger partial charge < -0.3 is 0 Å². The second-order valence-corrected chi connectivity index (χ2v) is 7.86. The van der Waals surface area contributed by atoms with Crippen molar-refractivity contribution >= 4 is 31.6 Å². The quantitative estimate of drug-likeness (QED) is 0.852. The predicted molar refractivity (Wildman–Crippen MR) is 90.2 cm³/mol. The fourth-order valence-electron chi connectivity index (χ4n) is 2.01. The summed E-state index contributed by atoms with van der Waals surface area (Å²) in [4.78, 5) is 0.282. The minimum absolute atomic E-state index is 0.282. The van der Waals surface area contributed by atoms with Gasteiger partial charge in [-0.15, -0.1) is 0 Å². The van der Waals surface area contributed by atoms with Gasteiger partial charge in [0.2, 0.25) is 0 Å². The smallest absolute Gasteiger partial charge is 0.262 e. The molecule has 3 nitrogen and oxygen atoms in total. The summed E-state index contributed by atoms with van der Waals surface area (Å²) in [6.07, 6.45) is 0. The number of anilines is 1. The van der Waals surface area contributed by atoms with Gasteiger partial charge in [0.1, 0.15) is 0 Å². The van der Waals surface area contributed by atoms with Crippen molar-refractivity contribution in [1.29, 1.82) is 0 Å². The molecule has 0 aromatic heterocycles. The average molecular weight is 368 g/mol. The molecular weight excluding hydrogens is 350 g/mol. The number of hydrogen-bond donors (Lipinski definition) is 1. The molecule has 1 N–H and O–H groups in total. The lowest BCUT2D eigenvalue weighted by atomic mass is 10.0. The lowest BCUT2D eigenvalue weighted by Gasteiger charge is -2.12. The minimum Gasteiger partial charge on any atom is -0.280 e. The zero-order valence-electron chi connectivity index (χ0n) is 12.2. The maximum absolute atomic E-state index is 12.5. The fraction of sp³-hybridized carbons (Fsp3) is 0.250. The SMILES string of the molecule is Cc1ccc(Br)cc1S(=O)(=O)Nc1ccc(C(C)C)cc1. The van der Waals surface area contributed by atoms with E-state index in [2.05, 4.69) is 34.5 Å². The Morgan fingerprint density at radius 2 is 1.67 bits per heavy atom. The highest BCUT2D eigenvalue weighted by molar-refractivity contribution is 9.10. The van der Waals surface area contributed by atoms with Gasteiger partial charge in [-0.1, -0.05) is 48.0 Å². The number of rotatable bonds is 4. The lowest BCUT2D eigenvalue weighted by Crippen LogP contribution is -2.14. The number of sulfonamides is 1. The molecule has 0 heterocycles. The van der Waals surface area contributed by atoms with Crippen LogP contribution in [0.1, 0.15) is 30.9 Å². The van der Waals surface area contributed by atoms with Crippen LogP contribution in [0.3, 0.4) is 0 Å².